The zero-order chi connectivity index (χ0) is 27.3. The van der Waals surface area contributed by atoms with E-state index in [1.54, 1.807) is 24.2 Å². The number of benzene rings is 2. The minimum Gasteiger partial charge on any atom is -1.00 e. The standard InChI is InChI=1S/C21H25.C11H17.C3H6.2ClH.Zr/c1-20(2,3)16-9-7-14-11-15-8-10-17(21(4,5)6)13-19(15)18(14)12-16;1-4-9-11(2,3)10-7-5-6-8-10;1-3-2;;;/h7-13H,1-6H3;7-8H,4-5,9H2,1-3H3;1-2H3;2*1H;/q2*-1;;;;+2/p-2. The van der Waals surface area contributed by atoms with Gasteiger partial charge in [-0.1, -0.05) is 116 Å². The van der Waals surface area contributed by atoms with Gasteiger partial charge in [0.1, 0.15) is 0 Å². The first-order chi connectivity index (χ1) is 16.6. The van der Waals surface area contributed by atoms with Crippen molar-refractivity contribution < 1.29 is 49.0 Å². The Balaban J connectivity index is 0.000000684. The van der Waals surface area contributed by atoms with E-state index in [1.807, 2.05) is 0 Å². The molecular weight excluding hydrogens is 583 g/mol. The molecule has 1 aliphatic carbocycles. The molecule has 0 amide bonds. The quantitative estimate of drug-likeness (QED) is 0.373. The summed E-state index contributed by atoms with van der Waals surface area (Å²) in [6, 6.07) is 16.1. The van der Waals surface area contributed by atoms with Crippen LogP contribution in [-0.2, 0) is 35.1 Å². The fraction of sp³-hybridized carbons (Fsp3) is 0.486. The van der Waals surface area contributed by atoms with Gasteiger partial charge in [0.05, 0.1) is 0 Å². The van der Waals surface area contributed by atoms with E-state index >= 15 is 0 Å². The van der Waals surface area contributed by atoms with Crippen molar-refractivity contribution in [3.8, 4) is 0 Å². The first-order valence-corrected chi connectivity index (χ1v) is 14.7. The van der Waals surface area contributed by atoms with Gasteiger partial charge in [0.15, 0.2) is 0 Å². The van der Waals surface area contributed by atoms with Crippen molar-refractivity contribution in [3.05, 3.63) is 77.4 Å². The van der Waals surface area contributed by atoms with Crippen LogP contribution in [0.3, 0.4) is 0 Å². The van der Waals surface area contributed by atoms with E-state index in [1.165, 1.54) is 54.3 Å². The second-order valence-corrected chi connectivity index (χ2v) is 15.6. The van der Waals surface area contributed by atoms with Crippen molar-refractivity contribution in [1.82, 2.24) is 0 Å². The van der Waals surface area contributed by atoms with Gasteiger partial charge >= 0.3 is 41.3 Å². The van der Waals surface area contributed by atoms with E-state index < -0.39 is 0 Å². The van der Waals surface area contributed by atoms with Gasteiger partial charge in [-0.3, -0.25) is 6.08 Å². The third-order valence-electron chi connectivity index (χ3n) is 6.79. The maximum absolute atomic E-state index is 3.22. The van der Waals surface area contributed by atoms with Crippen LogP contribution < -0.4 is 24.8 Å². The van der Waals surface area contributed by atoms with Gasteiger partial charge < -0.3 is 24.8 Å². The molecule has 0 unspecified atom stereocenters. The van der Waals surface area contributed by atoms with E-state index in [0.717, 1.165) is 6.42 Å². The van der Waals surface area contributed by atoms with Crippen LogP contribution in [-0.4, -0.2) is 3.21 Å². The summed E-state index contributed by atoms with van der Waals surface area (Å²) in [4.78, 5) is 0. The Morgan fingerprint density at radius 2 is 1.24 bits per heavy atom. The largest absolute Gasteiger partial charge is 1.00 e. The molecule has 0 nitrogen and oxygen atoms in total. The van der Waals surface area contributed by atoms with Crippen LogP contribution in [0.25, 0.3) is 21.5 Å². The molecule has 3 aromatic carbocycles. The molecule has 3 aromatic rings. The van der Waals surface area contributed by atoms with Crippen molar-refractivity contribution >= 4 is 24.8 Å². The van der Waals surface area contributed by atoms with E-state index in [2.05, 4.69) is 137 Å². The molecule has 4 rings (SSSR count). The summed E-state index contributed by atoms with van der Waals surface area (Å²) in [6.45, 7) is 24.8. The van der Waals surface area contributed by atoms with Gasteiger partial charge in [0.2, 0.25) is 0 Å². The zero-order valence-electron chi connectivity index (χ0n) is 25.6. The number of halogens is 2. The average Bonchev–Trinajstić information content (AvgIpc) is 3.40. The number of rotatable bonds is 3. The van der Waals surface area contributed by atoms with Gasteiger partial charge in [0, 0.05) is 0 Å². The maximum Gasteiger partial charge on any atom is -1.00 e. The van der Waals surface area contributed by atoms with Crippen molar-refractivity contribution in [3.63, 3.8) is 0 Å². The molecule has 208 valence electrons. The van der Waals surface area contributed by atoms with E-state index in [9.17, 15) is 0 Å². The van der Waals surface area contributed by atoms with Crippen LogP contribution >= 0.6 is 0 Å². The van der Waals surface area contributed by atoms with Gasteiger partial charge in [0.25, 0.3) is 0 Å². The summed E-state index contributed by atoms with van der Waals surface area (Å²) in [7, 11) is 0. The predicted molar refractivity (Wildman–Crippen MR) is 160 cm³/mol. The monoisotopic (exact) mass is 628 g/mol. The summed E-state index contributed by atoms with van der Waals surface area (Å²) in [6.07, 6.45) is 11.2. The molecule has 0 saturated carbocycles. The van der Waals surface area contributed by atoms with Crippen LogP contribution in [0, 0.1) is 11.5 Å². The van der Waals surface area contributed by atoms with E-state index in [4.69, 9.17) is 0 Å². The fourth-order valence-corrected chi connectivity index (χ4v) is 4.57. The Labute approximate surface area is 261 Å². The van der Waals surface area contributed by atoms with Gasteiger partial charge in [-0.05, 0) is 10.8 Å². The molecule has 0 bridgehead atoms. The minimum atomic E-state index is 0. The molecular formula is C35H48Cl2Zr-2. The third-order valence-corrected chi connectivity index (χ3v) is 6.79. The van der Waals surface area contributed by atoms with Gasteiger partial charge in [-0.25, -0.2) is 6.08 Å². The van der Waals surface area contributed by atoms with Crippen molar-refractivity contribution in [2.45, 2.75) is 106 Å². The Hall–Kier alpha value is -0.877. The molecule has 0 aromatic heterocycles. The molecule has 3 heteroatoms. The molecule has 1 aliphatic rings. The Bertz CT molecular complexity index is 1170. The predicted octanol–water partition coefficient (Wildman–Crippen LogP) is 4.56. The molecule has 38 heavy (non-hydrogen) atoms. The van der Waals surface area contributed by atoms with E-state index in [0.29, 0.717) is 5.41 Å². The number of hydrogen-bond acceptors (Lipinski definition) is 0. The normalized spacial score (nSPS) is 13.0. The molecule has 0 radical (unpaired) electrons. The zero-order valence-corrected chi connectivity index (χ0v) is 29.5. The summed E-state index contributed by atoms with van der Waals surface area (Å²) >= 11 is 1.55. The van der Waals surface area contributed by atoms with Crippen LogP contribution in [0.1, 0.15) is 107 Å². The first kappa shape index (κ1) is 37.1. The van der Waals surface area contributed by atoms with Crippen molar-refractivity contribution in [2.75, 3.05) is 0 Å². The molecule has 0 heterocycles. The summed E-state index contributed by atoms with van der Waals surface area (Å²) in [5.41, 5.74) is 5.04. The Morgan fingerprint density at radius 1 is 0.816 bits per heavy atom. The number of allylic oxidation sites excluding steroid dienone is 4. The molecule has 0 saturated heterocycles. The fourth-order valence-electron chi connectivity index (χ4n) is 4.57. The number of hydrogen-bond donors (Lipinski definition) is 0. The molecule has 0 aliphatic heterocycles. The molecule has 0 spiro atoms. The average molecular weight is 631 g/mol. The Morgan fingerprint density at radius 3 is 1.55 bits per heavy atom. The second kappa shape index (κ2) is 15.2. The van der Waals surface area contributed by atoms with Crippen LogP contribution in [0.4, 0.5) is 0 Å². The first-order valence-electron chi connectivity index (χ1n) is 13.5. The topological polar surface area (TPSA) is 0 Å². The van der Waals surface area contributed by atoms with Gasteiger partial charge in [-0.15, -0.1) is 46.2 Å². The SMILES string of the molecule is CC(C)(C)c1ccc2[cH-]c3ccc(C(C)(C)C)cc3c2c1.CCCC(C)(C)C1=CC[C-]=C1.C[C](C)=[Zr+2].[Cl-].[Cl-]. The maximum atomic E-state index is 3.22. The van der Waals surface area contributed by atoms with Crippen molar-refractivity contribution in [2.24, 2.45) is 5.41 Å². The van der Waals surface area contributed by atoms with Crippen LogP contribution in [0.5, 0.6) is 0 Å². The van der Waals surface area contributed by atoms with E-state index in [-0.39, 0.29) is 35.6 Å². The number of fused-ring (bicyclic) bond motifs is 3. The Kier molecular flexibility index (Phi) is 14.9. The minimum absolute atomic E-state index is 0. The molecule has 0 fully saturated rings. The summed E-state index contributed by atoms with van der Waals surface area (Å²) in [5.74, 6) is 0. The summed E-state index contributed by atoms with van der Waals surface area (Å²) in [5, 5.41) is 5.49. The molecule has 0 atom stereocenters. The smallest absolute Gasteiger partial charge is 1.00 e. The van der Waals surface area contributed by atoms with Crippen molar-refractivity contribution in [1.29, 1.82) is 0 Å². The molecule has 0 N–H and O–H groups in total. The second-order valence-electron chi connectivity index (χ2n) is 13.1. The van der Waals surface area contributed by atoms with Crippen LogP contribution in [0.15, 0.2) is 60.2 Å². The summed E-state index contributed by atoms with van der Waals surface area (Å²) < 4.78 is 1.51. The van der Waals surface area contributed by atoms with Crippen LogP contribution in [0.2, 0.25) is 0 Å². The third kappa shape index (κ3) is 10.6. The van der Waals surface area contributed by atoms with Gasteiger partial charge in [-0.2, -0.15) is 11.6 Å².